The molecule has 234 valence electrons. The molecule has 0 aliphatic rings. The Labute approximate surface area is 237 Å². The molecule has 0 spiro atoms. The van der Waals surface area contributed by atoms with E-state index in [0.29, 0.717) is 19.3 Å². The van der Waals surface area contributed by atoms with Gasteiger partial charge in [0.05, 0.1) is 13.2 Å². The lowest BCUT2D eigenvalue weighted by Crippen LogP contribution is -2.46. The van der Waals surface area contributed by atoms with Gasteiger partial charge >= 0.3 is 26.0 Å². The fourth-order valence-corrected chi connectivity index (χ4v) is 4.49. The summed E-state index contributed by atoms with van der Waals surface area (Å²) in [5.74, 6) is -1.67. The highest BCUT2D eigenvalue weighted by Crippen LogP contribution is 2.56. The second-order valence-electron chi connectivity index (χ2n) is 11.2. The number of carbonyl (C=O) groups excluding carboxylic acids is 2. The quantitative estimate of drug-likeness (QED) is 0.0793. The first-order valence-corrected chi connectivity index (χ1v) is 14.8. The molecule has 0 aliphatic carbocycles. The number of rotatable bonds is 15. The third-order valence-corrected chi connectivity index (χ3v) is 6.39. The van der Waals surface area contributed by atoms with Crippen molar-refractivity contribution >= 4 is 32.0 Å². The molecule has 0 aromatic carbocycles. The second kappa shape index (κ2) is 16.6. The summed E-state index contributed by atoms with van der Waals surface area (Å²) in [4.78, 5) is 37.4. The third-order valence-electron chi connectivity index (χ3n) is 5.03. The summed E-state index contributed by atoms with van der Waals surface area (Å²) >= 11 is 0. The van der Waals surface area contributed by atoms with Gasteiger partial charge in [-0.25, -0.2) is 28.0 Å². The molecular weight excluding hydrogens is 549 g/mol. The van der Waals surface area contributed by atoms with E-state index in [0.717, 1.165) is 4.90 Å². The van der Waals surface area contributed by atoms with E-state index in [1.165, 1.54) is 7.05 Å². The number of hydrogen-bond acceptors (Lipinski definition) is 10. The van der Waals surface area contributed by atoms with Crippen molar-refractivity contribution in [2.24, 2.45) is 21.3 Å². The Morgan fingerprint density at radius 3 is 1.55 bits per heavy atom. The maximum absolute atomic E-state index is 14.2. The molecule has 0 amide bonds. The van der Waals surface area contributed by atoms with Crippen molar-refractivity contribution < 1.29 is 52.1 Å². The van der Waals surface area contributed by atoms with Gasteiger partial charge in [-0.1, -0.05) is 68.7 Å². The maximum atomic E-state index is 14.2. The highest BCUT2D eigenvalue weighted by Gasteiger charge is 2.44. The largest absolute Gasteiger partial charge is 0.510 e. The monoisotopic (exact) mass is 597 g/mol. The van der Waals surface area contributed by atoms with Crippen LogP contribution in [0.25, 0.3) is 0 Å². The maximum Gasteiger partial charge on any atom is 0.510 e. The first kappa shape index (κ1) is 37.4. The van der Waals surface area contributed by atoms with Crippen LogP contribution in [0.15, 0.2) is 4.76 Å². The molecule has 0 rings (SSSR count). The Morgan fingerprint density at radius 1 is 0.850 bits per heavy atom. The van der Waals surface area contributed by atoms with Crippen LogP contribution in [0.5, 0.6) is 0 Å². The molecule has 0 heterocycles. The normalized spacial score (nSPS) is 16.2. The Balaban J connectivity index is 6.65. The van der Waals surface area contributed by atoms with Gasteiger partial charge in [0.2, 0.25) is 18.5 Å². The van der Waals surface area contributed by atoms with Gasteiger partial charge in [0.15, 0.2) is 0 Å². The van der Waals surface area contributed by atoms with E-state index < -0.39 is 61.4 Å². The fourth-order valence-electron chi connectivity index (χ4n) is 2.75. The SMILES string of the molecule is CCCOC(=O)OC(OP(=O)(N=C(N)N(C)C(CCC)C(=O)O)OC(OC(=O)OCCC)C(C)(C)C)C(C)(C)C. The van der Waals surface area contributed by atoms with Crippen molar-refractivity contribution in [2.75, 3.05) is 20.3 Å². The molecule has 14 nitrogen and oxygen atoms in total. The van der Waals surface area contributed by atoms with Gasteiger partial charge in [-0.15, -0.1) is 4.76 Å². The minimum absolute atomic E-state index is 0.0770. The number of guanidine groups is 1. The first-order chi connectivity index (χ1) is 18.3. The fraction of sp³-hybridized carbons (Fsp3) is 0.840. The van der Waals surface area contributed by atoms with Gasteiger partial charge in [0.25, 0.3) is 0 Å². The van der Waals surface area contributed by atoms with Crippen LogP contribution in [-0.2, 0) is 37.4 Å². The number of nitrogens with two attached hydrogens (primary N) is 1. The summed E-state index contributed by atoms with van der Waals surface area (Å²) < 4.78 is 50.1. The zero-order chi connectivity index (χ0) is 31.3. The molecule has 0 saturated carbocycles. The van der Waals surface area contributed by atoms with Crippen LogP contribution >= 0.6 is 7.75 Å². The van der Waals surface area contributed by atoms with Crippen molar-refractivity contribution in [3.05, 3.63) is 0 Å². The highest BCUT2D eigenvalue weighted by molar-refractivity contribution is 7.52. The molecule has 0 bridgehead atoms. The van der Waals surface area contributed by atoms with E-state index in [1.54, 1.807) is 62.3 Å². The van der Waals surface area contributed by atoms with Crippen LogP contribution in [0.3, 0.4) is 0 Å². The van der Waals surface area contributed by atoms with Crippen molar-refractivity contribution in [2.45, 2.75) is 107 Å². The molecule has 15 heteroatoms. The lowest BCUT2D eigenvalue weighted by Gasteiger charge is -2.35. The molecule has 0 fully saturated rings. The lowest BCUT2D eigenvalue weighted by molar-refractivity contribution is -0.152. The van der Waals surface area contributed by atoms with E-state index in [-0.39, 0.29) is 19.6 Å². The Bertz CT molecular complexity index is 853. The number of hydrogen-bond donors (Lipinski definition) is 2. The van der Waals surface area contributed by atoms with Crippen LogP contribution in [0, 0.1) is 10.8 Å². The average molecular weight is 598 g/mol. The Morgan fingerprint density at radius 2 is 1.25 bits per heavy atom. The van der Waals surface area contributed by atoms with Crippen molar-refractivity contribution in [3.63, 3.8) is 0 Å². The Hall–Kier alpha value is -2.57. The summed E-state index contributed by atoms with van der Waals surface area (Å²) in [6.07, 6.45) is -3.45. The summed E-state index contributed by atoms with van der Waals surface area (Å²) in [7, 11) is -3.47. The third kappa shape index (κ3) is 13.7. The second-order valence-corrected chi connectivity index (χ2v) is 12.8. The van der Waals surface area contributed by atoms with Crippen LogP contribution in [0.4, 0.5) is 9.59 Å². The molecule has 0 radical (unpaired) electrons. The standard InChI is InChI=1S/C25H48N3O11P/c1-11-14-17(18(29)30)28(10)21(26)27-40(33,38-19(24(4,5)6)36-22(31)34-15-12-2)39-20(25(7,8)9)37-23(32)35-16-13-3/h17,19-20H,11-16H2,1-10H3,(H,29,30)(H2,26,27,33). The van der Waals surface area contributed by atoms with Crippen LogP contribution in [0.1, 0.15) is 88.0 Å². The van der Waals surface area contributed by atoms with Crippen molar-refractivity contribution in [3.8, 4) is 0 Å². The zero-order valence-corrected chi connectivity index (χ0v) is 26.3. The highest BCUT2D eigenvalue weighted by atomic mass is 31.2. The van der Waals surface area contributed by atoms with Crippen LogP contribution in [0.2, 0.25) is 0 Å². The number of carboxylic acid groups (broad SMARTS) is 1. The molecule has 3 N–H and O–H groups in total. The minimum atomic E-state index is -4.82. The summed E-state index contributed by atoms with van der Waals surface area (Å²) in [5, 5.41) is 9.64. The van der Waals surface area contributed by atoms with E-state index in [2.05, 4.69) is 4.76 Å². The lowest BCUT2D eigenvalue weighted by atomic mass is 9.96. The topological polar surface area (TPSA) is 186 Å². The zero-order valence-electron chi connectivity index (χ0n) is 25.4. The molecular formula is C25H48N3O11P. The van der Waals surface area contributed by atoms with Crippen LogP contribution in [-0.4, -0.2) is 73.1 Å². The number of ether oxygens (including phenoxy) is 4. The van der Waals surface area contributed by atoms with Gasteiger partial charge < -0.3 is 34.7 Å². The van der Waals surface area contributed by atoms with Gasteiger partial charge in [-0.05, 0) is 19.3 Å². The molecule has 3 atom stereocenters. The van der Waals surface area contributed by atoms with Crippen molar-refractivity contribution in [1.29, 1.82) is 0 Å². The molecule has 40 heavy (non-hydrogen) atoms. The van der Waals surface area contributed by atoms with E-state index >= 15 is 0 Å². The summed E-state index contributed by atoms with van der Waals surface area (Å²) in [6.45, 7) is 15.3. The van der Waals surface area contributed by atoms with Gasteiger partial charge in [0, 0.05) is 17.9 Å². The molecule has 0 aromatic rings. The van der Waals surface area contributed by atoms with Crippen molar-refractivity contribution in [1.82, 2.24) is 4.90 Å². The number of carboxylic acids is 1. The summed E-state index contributed by atoms with van der Waals surface area (Å²) in [5.41, 5.74) is 4.13. The van der Waals surface area contributed by atoms with Gasteiger partial charge in [0.1, 0.15) is 6.04 Å². The first-order valence-electron chi connectivity index (χ1n) is 13.3. The predicted molar refractivity (Wildman–Crippen MR) is 147 cm³/mol. The predicted octanol–water partition coefficient (Wildman–Crippen LogP) is 5.50. The number of carbonyl (C=O) groups is 3. The molecule has 0 aliphatic heterocycles. The molecule has 3 unspecified atom stereocenters. The summed E-state index contributed by atoms with van der Waals surface area (Å²) in [6, 6.07) is -1.10. The molecule has 0 saturated heterocycles. The Kier molecular flexibility index (Phi) is 15.6. The van der Waals surface area contributed by atoms with E-state index in [4.69, 9.17) is 33.7 Å². The number of nitrogens with zero attached hydrogens (tertiary/aromatic N) is 2. The van der Waals surface area contributed by atoms with Gasteiger partial charge in [-0.2, -0.15) is 0 Å². The van der Waals surface area contributed by atoms with Crippen LogP contribution < -0.4 is 5.73 Å². The van der Waals surface area contributed by atoms with E-state index in [1.807, 2.05) is 0 Å². The van der Waals surface area contributed by atoms with Gasteiger partial charge in [-0.3, -0.25) is 0 Å². The number of likely N-dealkylation sites (N-methyl/N-ethyl adjacent to an activating group) is 1. The smallest absolute Gasteiger partial charge is 0.480 e. The minimum Gasteiger partial charge on any atom is -0.480 e. The average Bonchev–Trinajstić information content (AvgIpc) is 2.82. The number of aliphatic carboxylic acids is 1. The molecule has 0 aromatic heterocycles. The van der Waals surface area contributed by atoms with E-state index in [9.17, 15) is 24.1 Å².